The summed E-state index contributed by atoms with van der Waals surface area (Å²) >= 11 is 0. The van der Waals surface area contributed by atoms with Crippen molar-refractivity contribution in [3.05, 3.63) is 84.7 Å². The molecule has 1 atom stereocenters. The maximum absolute atomic E-state index is 13.5. The smallest absolute Gasteiger partial charge is 0.228 e. The van der Waals surface area contributed by atoms with Crippen LogP contribution in [0.1, 0.15) is 18.7 Å². The van der Waals surface area contributed by atoms with Gasteiger partial charge in [-0.1, -0.05) is 12.1 Å². The Morgan fingerprint density at radius 2 is 1.84 bits per heavy atom. The Hall–Kier alpha value is -3.58. The molecule has 1 fully saturated rings. The van der Waals surface area contributed by atoms with Gasteiger partial charge in [-0.2, -0.15) is 0 Å². The Labute approximate surface area is 185 Å². The number of hydrogen-bond donors (Lipinski definition) is 1. The predicted molar refractivity (Wildman–Crippen MR) is 122 cm³/mol. The van der Waals surface area contributed by atoms with E-state index in [1.54, 1.807) is 36.7 Å². The van der Waals surface area contributed by atoms with Crippen molar-refractivity contribution in [1.29, 1.82) is 0 Å². The normalized spacial score (nSPS) is 16.8. The number of amides is 1. The summed E-state index contributed by atoms with van der Waals surface area (Å²) in [7, 11) is 0. The van der Waals surface area contributed by atoms with Gasteiger partial charge in [-0.25, -0.2) is 9.37 Å². The van der Waals surface area contributed by atoms with Gasteiger partial charge >= 0.3 is 0 Å². The Morgan fingerprint density at radius 3 is 2.66 bits per heavy atom. The predicted octanol–water partition coefficient (Wildman–Crippen LogP) is 4.41. The Balaban J connectivity index is 1.37. The molecule has 0 bridgehead atoms. The van der Waals surface area contributed by atoms with Crippen LogP contribution in [0.15, 0.2) is 73.1 Å². The second kappa shape index (κ2) is 8.88. The number of aromatic nitrogens is 3. The lowest BCUT2D eigenvalue weighted by Crippen LogP contribution is -2.40. The molecule has 1 amide bonds. The summed E-state index contributed by atoms with van der Waals surface area (Å²) < 4.78 is 15.6. The molecule has 32 heavy (non-hydrogen) atoms. The van der Waals surface area contributed by atoms with Crippen molar-refractivity contribution in [2.75, 3.05) is 18.4 Å². The van der Waals surface area contributed by atoms with Crippen LogP contribution < -0.4 is 5.32 Å². The average molecular weight is 429 g/mol. The summed E-state index contributed by atoms with van der Waals surface area (Å²) in [5.41, 5.74) is 3.52. The van der Waals surface area contributed by atoms with Crippen molar-refractivity contribution in [1.82, 2.24) is 19.4 Å². The van der Waals surface area contributed by atoms with Crippen LogP contribution in [0, 0.1) is 11.7 Å². The number of nitrogens with zero attached hydrogens (tertiary/aromatic N) is 4. The third kappa shape index (κ3) is 4.24. The molecule has 162 valence electrons. The highest BCUT2D eigenvalue weighted by Crippen LogP contribution is 2.25. The van der Waals surface area contributed by atoms with Crippen LogP contribution >= 0.6 is 0 Å². The molecular formula is C25H24FN5O. The molecule has 3 heterocycles. The van der Waals surface area contributed by atoms with Gasteiger partial charge in [-0.05, 0) is 67.9 Å². The van der Waals surface area contributed by atoms with Crippen LogP contribution in [0.2, 0.25) is 0 Å². The monoisotopic (exact) mass is 429 g/mol. The van der Waals surface area contributed by atoms with Crippen molar-refractivity contribution in [2.45, 2.75) is 19.4 Å². The number of likely N-dealkylation sites (tertiary alicyclic amines) is 1. The number of benzene rings is 2. The first-order valence-electron chi connectivity index (χ1n) is 10.8. The molecule has 0 radical (unpaired) electrons. The number of piperidine rings is 1. The van der Waals surface area contributed by atoms with Crippen molar-refractivity contribution in [3.63, 3.8) is 0 Å². The summed E-state index contributed by atoms with van der Waals surface area (Å²) in [6, 6.07) is 18.0. The molecule has 5 rings (SSSR count). The van der Waals surface area contributed by atoms with Crippen molar-refractivity contribution >= 4 is 22.6 Å². The number of fused-ring (bicyclic) bond motifs is 1. The maximum Gasteiger partial charge on any atom is 0.228 e. The van der Waals surface area contributed by atoms with Crippen LogP contribution in [0.25, 0.3) is 16.7 Å². The third-order valence-corrected chi connectivity index (χ3v) is 5.90. The summed E-state index contributed by atoms with van der Waals surface area (Å²) in [4.78, 5) is 23.9. The fourth-order valence-electron chi connectivity index (χ4n) is 4.35. The van der Waals surface area contributed by atoms with Gasteiger partial charge in [0.1, 0.15) is 11.6 Å². The molecule has 7 heteroatoms. The molecule has 6 nitrogen and oxygen atoms in total. The lowest BCUT2D eigenvalue weighted by Gasteiger charge is -2.31. The van der Waals surface area contributed by atoms with Crippen molar-refractivity contribution < 1.29 is 9.18 Å². The zero-order valence-corrected chi connectivity index (χ0v) is 17.6. The van der Waals surface area contributed by atoms with Crippen LogP contribution in [0.5, 0.6) is 0 Å². The molecule has 0 unspecified atom stereocenters. The number of anilines is 1. The van der Waals surface area contributed by atoms with Crippen molar-refractivity contribution in [3.8, 4) is 5.69 Å². The zero-order chi connectivity index (χ0) is 21.9. The first-order valence-corrected chi connectivity index (χ1v) is 10.8. The molecule has 1 aliphatic rings. The maximum atomic E-state index is 13.5. The third-order valence-electron chi connectivity index (χ3n) is 5.90. The van der Waals surface area contributed by atoms with Gasteiger partial charge in [0, 0.05) is 30.3 Å². The van der Waals surface area contributed by atoms with E-state index in [2.05, 4.69) is 19.8 Å². The van der Waals surface area contributed by atoms with Crippen LogP contribution in [0.4, 0.5) is 10.1 Å². The van der Waals surface area contributed by atoms with E-state index in [0.29, 0.717) is 13.1 Å². The number of carbonyl (C=O) groups excluding carboxylic acids is 1. The van der Waals surface area contributed by atoms with E-state index in [9.17, 15) is 9.18 Å². The van der Waals surface area contributed by atoms with E-state index >= 15 is 0 Å². The molecular weight excluding hydrogens is 405 g/mol. The Morgan fingerprint density at radius 1 is 1.06 bits per heavy atom. The Bertz CT molecular complexity index is 1220. The highest BCUT2D eigenvalue weighted by atomic mass is 19.1. The number of halogens is 1. The molecule has 0 saturated carbocycles. The van der Waals surface area contributed by atoms with E-state index in [0.717, 1.165) is 47.6 Å². The molecule has 1 aliphatic heterocycles. The molecule has 0 spiro atoms. The Kier molecular flexibility index (Phi) is 5.64. The lowest BCUT2D eigenvalue weighted by atomic mass is 9.97. The summed E-state index contributed by atoms with van der Waals surface area (Å²) in [5.74, 6) is 0.570. The fourth-order valence-corrected chi connectivity index (χ4v) is 4.35. The van der Waals surface area contributed by atoms with Gasteiger partial charge in [0.05, 0.1) is 23.5 Å². The van der Waals surface area contributed by atoms with E-state index < -0.39 is 0 Å². The molecule has 2 aromatic carbocycles. The second-order valence-corrected chi connectivity index (χ2v) is 8.13. The van der Waals surface area contributed by atoms with Gasteiger partial charge in [-0.15, -0.1) is 0 Å². The summed E-state index contributed by atoms with van der Waals surface area (Å²) in [6.45, 7) is 2.19. The topological polar surface area (TPSA) is 63.1 Å². The number of nitrogens with one attached hydrogen (secondary N) is 1. The van der Waals surface area contributed by atoms with Gasteiger partial charge in [0.25, 0.3) is 0 Å². The highest BCUT2D eigenvalue weighted by molar-refractivity contribution is 5.92. The van der Waals surface area contributed by atoms with Crippen LogP contribution in [-0.2, 0) is 11.3 Å². The first-order chi connectivity index (χ1) is 15.7. The number of imidazole rings is 1. The molecule has 4 aromatic rings. The molecule has 1 N–H and O–H groups in total. The molecule has 0 aliphatic carbocycles. The minimum atomic E-state index is -0.265. The quantitative estimate of drug-likeness (QED) is 0.510. The number of rotatable bonds is 5. The number of hydrogen-bond acceptors (Lipinski definition) is 4. The number of pyridine rings is 1. The number of carbonyl (C=O) groups is 1. The van der Waals surface area contributed by atoms with Gasteiger partial charge in [0.2, 0.25) is 5.91 Å². The number of para-hydroxylation sites is 2. The molecule has 2 aromatic heterocycles. The average Bonchev–Trinajstić information content (AvgIpc) is 3.18. The fraction of sp³-hybridized carbons (Fsp3) is 0.240. The summed E-state index contributed by atoms with van der Waals surface area (Å²) in [6.07, 6.45) is 5.15. The van der Waals surface area contributed by atoms with Gasteiger partial charge in [0.15, 0.2) is 0 Å². The van der Waals surface area contributed by atoms with Gasteiger partial charge < -0.3 is 5.32 Å². The van der Waals surface area contributed by atoms with Crippen LogP contribution in [0.3, 0.4) is 0 Å². The van der Waals surface area contributed by atoms with E-state index in [1.165, 1.54) is 12.1 Å². The van der Waals surface area contributed by atoms with Crippen LogP contribution in [-0.4, -0.2) is 38.4 Å². The summed E-state index contributed by atoms with van der Waals surface area (Å²) in [5, 5.41) is 3.00. The minimum Gasteiger partial charge on any atom is -0.326 e. The standard InChI is InChI=1S/C25H24FN5O/c26-19-7-9-21(10-8-19)31-23-6-2-1-5-22(23)29-24(31)17-30-15-3-4-18(16-30)25(32)28-20-11-13-27-14-12-20/h1-2,5-14,18H,3-4,15-17H2,(H,27,28,32)/t18-/m0/s1. The first kappa shape index (κ1) is 20.3. The van der Waals surface area contributed by atoms with Crippen molar-refractivity contribution in [2.24, 2.45) is 5.92 Å². The van der Waals surface area contributed by atoms with E-state index in [4.69, 9.17) is 4.98 Å². The van der Waals surface area contributed by atoms with E-state index in [1.807, 2.05) is 24.3 Å². The SMILES string of the molecule is O=C(Nc1ccncc1)[C@H]1CCCN(Cc2nc3ccccc3n2-c2ccc(F)cc2)C1. The largest absolute Gasteiger partial charge is 0.326 e. The van der Waals surface area contributed by atoms with Gasteiger partial charge in [-0.3, -0.25) is 19.2 Å². The molecule has 1 saturated heterocycles. The van der Waals surface area contributed by atoms with E-state index in [-0.39, 0.29) is 17.6 Å². The zero-order valence-electron chi connectivity index (χ0n) is 17.6. The highest BCUT2D eigenvalue weighted by Gasteiger charge is 2.27. The lowest BCUT2D eigenvalue weighted by molar-refractivity contribution is -0.121. The minimum absolute atomic E-state index is 0.0351. The second-order valence-electron chi connectivity index (χ2n) is 8.13.